The Balaban J connectivity index is 2.99. The minimum atomic E-state index is -5.06. The Bertz CT molecular complexity index is 2430. The highest BCUT2D eigenvalue weighted by atomic mass is 31.2. The van der Waals surface area contributed by atoms with Crippen molar-refractivity contribution in [3.8, 4) is 0 Å². The van der Waals surface area contributed by atoms with Crippen LogP contribution < -0.4 is 31.1 Å². The zero-order valence-electron chi connectivity index (χ0n) is 67.4. The Labute approximate surface area is 650 Å². The van der Waals surface area contributed by atoms with Crippen molar-refractivity contribution in [3.63, 3.8) is 0 Å². The van der Waals surface area contributed by atoms with E-state index in [4.69, 9.17) is 37.0 Å². The van der Waals surface area contributed by atoms with Gasteiger partial charge < -0.3 is 78.3 Å². The maximum Gasteiger partial charge on any atom is 0.306 e. The summed E-state index contributed by atoms with van der Waals surface area (Å²) in [6.45, 7) is 9.92. The van der Waals surface area contributed by atoms with Crippen molar-refractivity contribution >= 4 is 51.2 Å². The smallest absolute Gasteiger partial charge is 0.306 e. The van der Waals surface area contributed by atoms with E-state index in [2.05, 4.69) is 87.1 Å². The topological polar surface area (TPSA) is 345 Å². The molecule has 6 unspecified atom stereocenters. The van der Waals surface area contributed by atoms with Crippen LogP contribution in [0.3, 0.4) is 0 Å². The molecule has 626 valence electrons. The van der Waals surface area contributed by atoms with E-state index in [-0.39, 0.29) is 76.3 Å². The third-order valence-electron chi connectivity index (χ3n) is 18.3. The minimum absolute atomic E-state index is 0.0291. The molecule has 1 aromatic rings. The quantitative estimate of drug-likeness (QED) is 0.0153. The fourth-order valence-corrected chi connectivity index (χ4v) is 13.4. The molecule has 0 fully saturated rings. The fourth-order valence-electron chi connectivity index (χ4n) is 11.9. The van der Waals surface area contributed by atoms with Gasteiger partial charge in [-0.3, -0.25) is 37.9 Å². The molecule has 8 atom stereocenters. The molecular weight excluding hydrogens is 1420 g/mol. The van der Waals surface area contributed by atoms with Gasteiger partial charge in [0.1, 0.15) is 12.2 Å². The summed E-state index contributed by atoms with van der Waals surface area (Å²) in [6, 6.07) is 3.58. The Hall–Kier alpha value is -4.42. The normalized spacial score (nSPS) is 14.5. The molecule has 1 rings (SSSR count). The first-order valence-corrected chi connectivity index (χ1v) is 44.8. The SMILES string of the molecule is CCCCCC/C=C\CCCC(=O)O[C@H](CCCCCCC)CC(=O)NC(COCCC(O)CCCCCCC)COP(=O)([O-])OCCNC(=O)c1cccc(C(=O)NCCOP(=O)([O-])OCC(COCCC(O)CCCCCCC)NC(=O)C[C@@H](CCCCCCC)OC(=O)CCC/C=C\CCCCCC)c1. The number of amides is 4. The number of carbonyl (C=O) groups is 6. The van der Waals surface area contributed by atoms with Gasteiger partial charge >= 0.3 is 11.9 Å². The lowest BCUT2D eigenvalue weighted by atomic mass is 10.1. The van der Waals surface area contributed by atoms with Crippen LogP contribution in [0.25, 0.3) is 0 Å². The van der Waals surface area contributed by atoms with Gasteiger partial charge in [0.2, 0.25) is 11.8 Å². The molecule has 0 bridgehead atoms. The van der Waals surface area contributed by atoms with E-state index in [1.165, 1.54) is 62.8 Å². The second-order valence-electron chi connectivity index (χ2n) is 28.7. The highest BCUT2D eigenvalue weighted by Gasteiger charge is 2.26. The lowest BCUT2D eigenvalue weighted by Gasteiger charge is -2.27. The number of ether oxygens (including phenoxy) is 4. The average molecular weight is 1570 g/mol. The number of rotatable bonds is 76. The third-order valence-corrected chi connectivity index (χ3v) is 20.3. The summed E-state index contributed by atoms with van der Waals surface area (Å²) >= 11 is 0. The van der Waals surface area contributed by atoms with Gasteiger partial charge in [-0.05, 0) is 121 Å². The summed E-state index contributed by atoms with van der Waals surface area (Å²) in [6.07, 6.45) is 43.1. The molecule has 26 heteroatoms. The van der Waals surface area contributed by atoms with Crippen LogP contribution in [0.5, 0.6) is 0 Å². The third kappa shape index (κ3) is 61.2. The van der Waals surface area contributed by atoms with Gasteiger partial charge in [0.05, 0.1) is 76.8 Å². The predicted octanol–water partition coefficient (Wildman–Crippen LogP) is 16.1. The first-order chi connectivity index (χ1) is 52.2. The van der Waals surface area contributed by atoms with E-state index in [9.17, 15) is 57.9 Å². The van der Waals surface area contributed by atoms with Gasteiger partial charge in [-0.25, -0.2) is 0 Å². The van der Waals surface area contributed by atoms with Crippen molar-refractivity contribution in [3.05, 3.63) is 59.7 Å². The predicted molar refractivity (Wildman–Crippen MR) is 423 cm³/mol. The van der Waals surface area contributed by atoms with Crippen molar-refractivity contribution in [1.82, 2.24) is 21.3 Å². The summed E-state index contributed by atoms with van der Waals surface area (Å²) in [5.74, 6) is -3.15. The summed E-state index contributed by atoms with van der Waals surface area (Å²) in [7, 11) is -10.1. The molecule has 0 spiro atoms. The van der Waals surface area contributed by atoms with Crippen molar-refractivity contribution < 1.29 is 94.9 Å². The van der Waals surface area contributed by atoms with Crippen LogP contribution in [0.1, 0.15) is 345 Å². The Morgan fingerprint density at radius 1 is 0.407 bits per heavy atom. The maximum atomic E-state index is 13.7. The zero-order chi connectivity index (χ0) is 79.4. The second kappa shape index (κ2) is 69.3. The van der Waals surface area contributed by atoms with Crippen molar-refractivity contribution in [2.24, 2.45) is 0 Å². The van der Waals surface area contributed by atoms with Crippen LogP contribution in [0.15, 0.2) is 48.6 Å². The highest BCUT2D eigenvalue weighted by molar-refractivity contribution is 7.46. The minimum Gasteiger partial charge on any atom is -0.756 e. The molecule has 0 saturated carbocycles. The Kier molecular flexibility index (Phi) is 65.2. The van der Waals surface area contributed by atoms with Gasteiger partial charge in [0.15, 0.2) is 0 Å². The molecule has 6 N–H and O–H groups in total. The van der Waals surface area contributed by atoms with E-state index >= 15 is 0 Å². The van der Waals surface area contributed by atoms with Crippen molar-refractivity contribution in [1.29, 1.82) is 0 Å². The zero-order valence-corrected chi connectivity index (χ0v) is 69.2. The van der Waals surface area contributed by atoms with Crippen LogP contribution in [0.4, 0.5) is 0 Å². The van der Waals surface area contributed by atoms with Crippen LogP contribution in [0, 0.1) is 0 Å². The fraction of sp³-hybridized carbons (Fsp3) is 0.805. The molecule has 0 aliphatic carbocycles. The molecule has 24 nitrogen and oxygen atoms in total. The lowest BCUT2D eigenvalue weighted by Crippen LogP contribution is -2.43. The molecule has 0 radical (unpaired) electrons. The molecular formula is C82H146N4O20P2-2. The van der Waals surface area contributed by atoms with Gasteiger partial charge in [0, 0.05) is 50.3 Å². The Morgan fingerprint density at radius 2 is 0.731 bits per heavy atom. The Morgan fingerprint density at radius 3 is 1.08 bits per heavy atom. The van der Waals surface area contributed by atoms with Crippen LogP contribution in [-0.4, -0.2) is 148 Å². The first kappa shape index (κ1) is 102. The molecule has 0 aromatic heterocycles. The molecule has 0 aliphatic rings. The molecule has 0 heterocycles. The van der Waals surface area contributed by atoms with Gasteiger partial charge in [-0.15, -0.1) is 0 Å². The molecule has 0 aliphatic heterocycles. The standard InChI is InChI=1S/C82H148N4O20P2/c1-7-13-19-25-27-29-31-37-43-52-79(91)105-75(50-41-35-23-17-11-5)63-77(89)85-71(65-99-58-54-73(87)48-39-33-21-15-9-3)67-103-107(95,96)101-60-56-83-81(93)69-46-45-47-70(62-69)82(94)84-57-61-102-108(97,98)104-68-72(66-100-59-55-74(88)49-40-34-22-16-10-4)86-78(90)64-76(51-42-36-24-18-12-6)106-80(92)53-44-38-32-30-28-26-20-14-8-2/h29-32,45-47,62,71-76,87-88H,7-28,33-44,48-61,63-68H2,1-6H3,(H,83,93)(H,84,94)(H,85,89)(H,86,90)(H,95,96)(H,97,98)/p-2/b31-29-,32-30-/t71?,72?,73?,74?,75-,76-/m1/s1. The number of esters is 2. The van der Waals surface area contributed by atoms with E-state index in [1.807, 2.05) is 0 Å². The number of carbonyl (C=O) groups excluding carboxylic acids is 6. The average Bonchev–Trinajstić information content (AvgIpc) is 0.867. The van der Waals surface area contributed by atoms with Crippen LogP contribution in [0.2, 0.25) is 0 Å². The monoisotopic (exact) mass is 1570 g/mol. The number of allylic oxidation sites excluding steroid dienone is 4. The van der Waals surface area contributed by atoms with Crippen molar-refractivity contribution in [2.75, 3.05) is 65.9 Å². The maximum absolute atomic E-state index is 13.7. The number of hydrogen-bond acceptors (Lipinski definition) is 20. The lowest BCUT2D eigenvalue weighted by molar-refractivity contribution is -0.227. The number of phosphoric acid groups is 2. The molecule has 0 saturated heterocycles. The van der Waals surface area contributed by atoms with Gasteiger partial charge in [0.25, 0.3) is 27.5 Å². The number of unbranched alkanes of at least 4 members (excludes halogenated alkanes) is 26. The number of aliphatic hydroxyl groups excluding tert-OH is 2. The highest BCUT2D eigenvalue weighted by Crippen LogP contribution is 2.39. The number of nitrogens with one attached hydrogen (secondary N) is 4. The van der Waals surface area contributed by atoms with E-state index < -0.39 is 114 Å². The molecule has 4 amide bonds. The molecule has 108 heavy (non-hydrogen) atoms. The first-order valence-electron chi connectivity index (χ1n) is 41.9. The van der Waals surface area contributed by atoms with E-state index in [0.717, 1.165) is 167 Å². The van der Waals surface area contributed by atoms with Crippen LogP contribution >= 0.6 is 15.6 Å². The van der Waals surface area contributed by atoms with E-state index in [0.29, 0.717) is 51.4 Å². The summed E-state index contributed by atoms with van der Waals surface area (Å²) < 4.78 is 70.4. The largest absolute Gasteiger partial charge is 0.756 e. The van der Waals surface area contributed by atoms with Crippen LogP contribution in [-0.2, 0) is 65.4 Å². The second-order valence-corrected chi connectivity index (χ2v) is 31.5. The van der Waals surface area contributed by atoms with Crippen molar-refractivity contribution in [2.45, 2.75) is 361 Å². The van der Waals surface area contributed by atoms with Gasteiger partial charge in [-0.1, -0.05) is 226 Å². The summed E-state index contributed by atoms with van der Waals surface area (Å²) in [4.78, 5) is 106. The summed E-state index contributed by atoms with van der Waals surface area (Å²) in [5, 5.41) is 31.9. The molecule has 1 aromatic carbocycles. The number of aliphatic hydroxyl groups is 2. The number of hydrogen-bond donors (Lipinski definition) is 6. The van der Waals surface area contributed by atoms with Gasteiger partial charge in [-0.2, -0.15) is 0 Å². The van der Waals surface area contributed by atoms with E-state index in [1.54, 1.807) is 0 Å². The number of benzene rings is 1. The summed E-state index contributed by atoms with van der Waals surface area (Å²) in [5.41, 5.74) is 0.0583. The number of phosphoric ester groups is 2.